The lowest BCUT2D eigenvalue weighted by molar-refractivity contribution is 0.204. The van der Waals surface area contributed by atoms with Crippen LogP contribution in [0.5, 0.6) is 0 Å². The third-order valence-electron chi connectivity index (χ3n) is 5.16. The van der Waals surface area contributed by atoms with E-state index in [9.17, 15) is 0 Å². The van der Waals surface area contributed by atoms with Crippen LogP contribution in [0.15, 0.2) is 77.3 Å². The van der Waals surface area contributed by atoms with Gasteiger partial charge >= 0.3 is 0 Å². The second kappa shape index (κ2) is 5.87. The maximum atomic E-state index is 3.68. The summed E-state index contributed by atoms with van der Waals surface area (Å²) >= 11 is 3.68. The SMILES string of the molecule is CN(C)[C@]1(Cc2ccccc2)c2ccccc2-c2ccc(Br)cc21. The van der Waals surface area contributed by atoms with Crippen molar-refractivity contribution in [2.75, 3.05) is 14.1 Å². The van der Waals surface area contributed by atoms with Crippen molar-refractivity contribution >= 4 is 15.9 Å². The van der Waals surface area contributed by atoms with Gasteiger partial charge in [0.15, 0.2) is 0 Å². The van der Waals surface area contributed by atoms with Gasteiger partial charge < -0.3 is 0 Å². The van der Waals surface area contributed by atoms with Gasteiger partial charge in [0.05, 0.1) is 5.54 Å². The van der Waals surface area contributed by atoms with E-state index < -0.39 is 0 Å². The molecule has 0 saturated heterocycles. The monoisotopic (exact) mass is 377 g/mol. The van der Waals surface area contributed by atoms with Crippen molar-refractivity contribution in [3.63, 3.8) is 0 Å². The standard InChI is InChI=1S/C22H20BrN/c1-24(2)22(15-16-8-4-3-5-9-16)20-11-7-6-10-18(20)19-13-12-17(23)14-21(19)22/h3-14H,15H2,1-2H3/t22-/m1/s1. The van der Waals surface area contributed by atoms with Crippen LogP contribution in [0.2, 0.25) is 0 Å². The summed E-state index contributed by atoms with van der Waals surface area (Å²) in [5, 5.41) is 0. The van der Waals surface area contributed by atoms with Gasteiger partial charge in [-0.25, -0.2) is 0 Å². The van der Waals surface area contributed by atoms with Crippen LogP contribution in [-0.4, -0.2) is 19.0 Å². The van der Waals surface area contributed by atoms with Gasteiger partial charge in [0, 0.05) is 4.47 Å². The highest BCUT2D eigenvalue weighted by Gasteiger charge is 2.44. The van der Waals surface area contributed by atoms with Gasteiger partial charge in [-0.1, -0.05) is 76.6 Å². The predicted molar refractivity (Wildman–Crippen MR) is 104 cm³/mol. The van der Waals surface area contributed by atoms with Gasteiger partial charge in [0.1, 0.15) is 0 Å². The molecule has 1 atom stereocenters. The van der Waals surface area contributed by atoms with Crippen molar-refractivity contribution in [1.82, 2.24) is 4.90 Å². The molecule has 4 rings (SSSR count). The second-order valence-electron chi connectivity index (χ2n) is 6.65. The molecule has 3 aromatic rings. The number of likely N-dealkylation sites (N-methyl/N-ethyl adjacent to an activating group) is 1. The molecule has 0 unspecified atom stereocenters. The molecule has 0 aliphatic heterocycles. The van der Waals surface area contributed by atoms with E-state index >= 15 is 0 Å². The molecule has 1 aliphatic rings. The van der Waals surface area contributed by atoms with Crippen LogP contribution < -0.4 is 0 Å². The number of hydrogen-bond acceptors (Lipinski definition) is 1. The average Bonchev–Trinajstić information content (AvgIpc) is 2.87. The van der Waals surface area contributed by atoms with E-state index in [0.717, 1.165) is 10.9 Å². The number of halogens is 1. The Morgan fingerprint density at radius 3 is 2.21 bits per heavy atom. The zero-order valence-corrected chi connectivity index (χ0v) is 15.5. The summed E-state index contributed by atoms with van der Waals surface area (Å²) in [5.74, 6) is 0. The molecule has 3 aromatic carbocycles. The van der Waals surface area contributed by atoms with Crippen molar-refractivity contribution in [2.45, 2.75) is 12.0 Å². The van der Waals surface area contributed by atoms with Crippen molar-refractivity contribution in [2.24, 2.45) is 0 Å². The molecule has 1 nitrogen and oxygen atoms in total. The van der Waals surface area contributed by atoms with Gasteiger partial charge in [0.2, 0.25) is 0 Å². The Morgan fingerprint density at radius 2 is 1.46 bits per heavy atom. The van der Waals surface area contributed by atoms with Crippen LogP contribution in [0, 0.1) is 0 Å². The van der Waals surface area contributed by atoms with E-state index in [-0.39, 0.29) is 5.54 Å². The fraction of sp³-hybridized carbons (Fsp3) is 0.182. The third-order valence-corrected chi connectivity index (χ3v) is 5.65. The minimum absolute atomic E-state index is 0.142. The molecule has 0 saturated carbocycles. The molecular weight excluding hydrogens is 358 g/mol. The zero-order valence-electron chi connectivity index (χ0n) is 14.0. The van der Waals surface area contributed by atoms with Crippen molar-refractivity contribution in [3.05, 3.63) is 94.0 Å². The Bertz CT molecular complexity index is 885. The molecular formula is C22H20BrN. The first-order valence-corrected chi connectivity index (χ1v) is 9.03. The fourth-order valence-corrected chi connectivity index (χ4v) is 4.40. The number of fused-ring (bicyclic) bond motifs is 3. The maximum absolute atomic E-state index is 3.68. The van der Waals surface area contributed by atoms with Gasteiger partial charge in [0.25, 0.3) is 0 Å². The number of nitrogens with zero attached hydrogens (tertiary/aromatic N) is 1. The molecule has 24 heavy (non-hydrogen) atoms. The normalized spacial score (nSPS) is 18.5. The Kier molecular flexibility index (Phi) is 3.82. The lowest BCUT2D eigenvalue weighted by Crippen LogP contribution is -2.43. The van der Waals surface area contributed by atoms with E-state index in [2.05, 4.69) is 108 Å². The maximum Gasteiger partial charge on any atom is 0.0763 e. The molecule has 1 aliphatic carbocycles. The van der Waals surface area contributed by atoms with Crippen LogP contribution in [0.4, 0.5) is 0 Å². The Labute approximate surface area is 152 Å². The number of rotatable bonds is 3. The summed E-state index contributed by atoms with van der Waals surface area (Å²) in [4.78, 5) is 2.37. The first kappa shape index (κ1) is 15.6. The Balaban J connectivity index is 2.01. The van der Waals surface area contributed by atoms with Gasteiger partial charge in [-0.05, 0) is 60.5 Å². The summed E-state index contributed by atoms with van der Waals surface area (Å²) in [5.41, 5.74) is 6.69. The van der Waals surface area contributed by atoms with E-state index in [0.29, 0.717) is 0 Å². The first-order chi connectivity index (χ1) is 11.6. The molecule has 0 spiro atoms. The highest BCUT2D eigenvalue weighted by atomic mass is 79.9. The fourth-order valence-electron chi connectivity index (χ4n) is 4.04. The largest absolute Gasteiger partial charge is 0.296 e. The molecule has 0 amide bonds. The summed E-state index contributed by atoms with van der Waals surface area (Å²) in [6.45, 7) is 0. The summed E-state index contributed by atoms with van der Waals surface area (Å²) in [6.07, 6.45) is 0.960. The average molecular weight is 378 g/mol. The molecule has 0 N–H and O–H groups in total. The lowest BCUT2D eigenvalue weighted by atomic mass is 9.80. The minimum atomic E-state index is -0.142. The first-order valence-electron chi connectivity index (χ1n) is 8.24. The van der Waals surface area contributed by atoms with Crippen LogP contribution in [-0.2, 0) is 12.0 Å². The van der Waals surface area contributed by atoms with Crippen molar-refractivity contribution in [1.29, 1.82) is 0 Å². The Morgan fingerprint density at radius 1 is 0.792 bits per heavy atom. The molecule has 0 bridgehead atoms. The second-order valence-corrected chi connectivity index (χ2v) is 7.57. The van der Waals surface area contributed by atoms with E-state index in [4.69, 9.17) is 0 Å². The van der Waals surface area contributed by atoms with Crippen LogP contribution in [0.25, 0.3) is 11.1 Å². The number of benzene rings is 3. The van der Waals surface area contributed by atoms with E-state index in [1.807, 2.05) is 0 Å². The minimum Gasteiger partial charge on any atom is -0.296 e. The van der Waals surface area contributed by atoms with E-state index in [1.54, 1.807) is 0 Å². The molecule has 0 fully saturated rings. The highest BCUT2D eigenvalue weighted by Crippen LogP contribution is 2.52. The summed E-state index contributed by atoms with van der Waals surface area (Å²) in [6, 6.07) is 26.3. The molecule has 0 heterocycles. The van der Waals surface area contributed by atoms with E-state index in [1.165, 1.54) is 27.8 Å². The molecule has 2 heteroatoms. The van der Waals surface area contributed by atoms with Crippen LogP contribution in [0.1, 0.15) is 16.7 Å². The summed E-state index contributed by atoms with van der Waals surface area (Å²) < 4.78 is 1.13. The molecule has 0 aromatic heterocycles. The van der Waals surface area contributed by atoms with Crippen molar-refractivity contribution < 1.29 is 0 Å². The Hall–Kier alpha value is -1.90. The van der Waals surface area contributed by atoms with Crippen molar-refractivity contribution in [3.8, 4) is 11.1 Å². The zero-order chi connectivity index (χ0) is 16.7. The van der Waals surface area contributed by atoms with Gasteiger partial charge in [-0.3, -0.25) is 4.90 Å². The highest BCUT2D eigenvalue weighted by molar-refractivity contribution is 9.10. The smallest absolute Gasteiger partial charge is 0.0763 e. The lowest BCUT2D eigenvalue weighted by Gasteiger charge is -2.39. The molecule has 120 valence electrons. The van der Waals surface area contributed by atoms with Gasteiger partial charge in [-0.15, -0.1) is 0 Å². The summed E-state index contributed by atoms with van der Waals surface area (Å²) in [7, 11) is 4.38. The quantitative estimate of drug-likeness (QED) is 0.584. The topological polar surface area (TPSA) is 3.24 Å². The van der Waals surface area contributed by atoms with Crippen LogP contribution >= 0.6 is 15.9 Å². The molecule has 0 radical (unpaired) electrons. The van der Waals surface area contributed by atoms with Gasteiger partial charge in [-0.2, -0.15) is 0 Å². The van der Waals surface area contributed by atoms with Crippen LogP contribution in [0.3, 0.4) is 0 Å². The predicted octanol–water partition coefficient (Wildman–Crippen LogP) is 5.48. The third kappa shape index (κ3) is 2.25. The number of hydrogen-bond donors (Lipinski definition) is 0.